The van der Waals surface area contributed by atoms with E-state index in [9.17, 15) is 4.79 Å². The van der Waals surface area contributed by atoms with Crippen molar-refractivity contribution < 1.29 is 4.79 Å². The van der Waals surface area contributed by atoms with E-state index in [1.165, 1.54) is 12.8 Å². The first-order chi connectivity index (χ1) is 5.98. The molecule has 1 aliphatic rings. The minimum atomic E-state index is -0.414. The zero-order valence-corrected chi connectivity index (χ0v) is 9.32. The fraction of sp³-hybridized carbons (Fsp3) is 0.900. The second-order valence-electron chi connectivity index (χ2n) is 4.35. The molecule has 1 unspecified atom stereocenters. The first-order valence-electron chi connectivity index (χ1n) is 4.90. The van der Waals surface area contributed by atoms with Crippen molar-refractivity contribution in [3.8, 4) is 0 Å². The summed E-state index contributed by atoms with van der Waals surface area (Å²) in [5.74, 6) is 0.604. The standard InChI is InChI=1S/C10H18ClNO/c1-7(2)10(4-5-10)6-12-9(13)8(3)11/h7-8H,4-6H2,1-3H3,(H,12,13). The molecule has 1 amide bonds. The van der Waals surface area contributed by atoms with Gasteiger partial charge in [-0.2, -0.15) is 0 Å². The highest BCUT2D eigenvalue weighted by Crippen LogP contribution is 2.51. The summed E-state index contributed by atoms with van der Waals surface area (Å²) in [5.41, 5.74) is 0.376. The molecule has 1 atom stereocenters. The lowest BCUT2D eigenvalue weighted by Gasteiger charge is -2.20. The van der Waals surface area contributed by atoms with Crippen molar-refractivity contribution in [1.82, 2.24) is 5.32 Å². The highest BCUT2D eigenvalue weighted by atomic mass is 35.5. The third-order valence-corrected chi connectivity index (χ3v) is 3.29. The van der Waals surface area contributed by atoms with Crippen LogP contribution in [0, 0.1) is 11.3 Å². The normalized spacial score (nSPS) is 21.3. The lowest BCUT2D eigenvalue weighted by molar-refractivity contribution is -0.120. The van der Waals surface area contributed by atoms with Gasteiger partial charge in [0.25, 0.3) is 0 Å². The van der Waals surface area contributed by atoms with Gasteiger partial charge in [-0.3, -0.25) is 4.79 Å². The maximum Gasteiger partial charge on any atom is 0.237 e. The van der Waals surface area contributed by atoms with Crippen molar-refractivity contribution >= 4 is 17.5 Å². The molecule has 1 N–H and O–H groups in total. The highest BCUT2D eigenvalue weighted by molar-refractivity contribution is 6.30. The number of hydrogen-bond acceptors (Lipinski definition) is 1. The quantitative estimate of drug-likeness (QED) is 0.698. The van der Waals surface area contributed by atoms with Crippen LogP contribution >= 0.6 is 11.6 Å². The van der Waals surface area contributed by atoms with E-state index >= 15 is 0 Å². The fourth-order valence-electron chi connectivity index (χ4n) is 1.52. The molecule has 76 valence electrons. The van der Waals surface area contributed by atoms with Crippen molar-refractivity contribution in [2.75, 3.05) is 6.54 Å². The maximum absolute atomic E-state index is 11.2. The summed E-state index contributed by atoms with van der Waals surface area (Å²) < 4.78 is 0. The Labute approximate surface area is 85.0 Å². The minimum absolute atomic E-state index is 0.0476. The van der Waals surface area contributed by atoms with Gasteiger partial charge in [-0.05, 0) is 31.1 Å². The lowest BCUT2D eigenvalue weighted by Crippen LogP contribution is -2.36. The molecule has 1 saturated carbocycles. The van der Waals surface area contributed by atoms with Gasteiger partial charge in [0.1, 0.15) is 5.38 Å². The van der Waals surface area contributed by atoms with Crippen LogP contribution in [0.25, 0.3) is 0 Å². The summed E-state index contributed by atoms with van der Waals surface area (Å²) in [5, 5.41) is 2.48. The minimum Gasteiger partial charge on any atom is -0.354 e. The van der Waals surface area contributed by atoms with Gasteiger partial charge in [0.15, 0.2) is 0 Å². The molecular weight excluding hydrogens is 186 g/mol. The van der Waals surface area contributed by atoms with E-state index in [2.05, 4.69) is 19.2 Å². The largest absolute Gasteiger partial charge is 0.354 e. The average molecular weight is 204 g/mol. The molecule has 2 nitrogen and oxygen atoms in total. The van der Waals surface area contributed by atoms with E-state index in [1.54, 1.807) is 6.92 Å². The first kappa shape index (κ1) is 10.8. The molecule has 3 heteroatoms. The smallest absolute Gasteiger partial charge is 0.237 e. The summed E-state index contributed by atoms with van der Waals surface area (Å²) in [4.78, 5) is 11.2. The van der Waals surface area contributed by atoms with Crippen LogP contribution in [0.3, 0.4) is 0 Å². The molecular formula is C10H18ClNO. The Bertz CT molecular complexity index is 197. The van der Waals surface area contributed by atoms with Crippen molar-refractivity contribution in [3.63, 3.8) is 0 Å². The predicted octanol–water partition coefficient (Wildman–Crippen LogP) is 2.17. The average Bonchev–Trinajstić information content (AvgIpc) is 2.80. The number of alkyl halides is 1. The Hall–Kier alpha value is -0.240. The van der Waals surface area contributed by atoms with E-state index in [0.717, 1.165) is 6.54 Å². The van der Waals surface area contributed by atoms with Gasteiger partial charge in [0, 0.05) is 6.54 Å². The third kappa shape index (κ3) is 2.60. The van der Waals surface area contributed by atoms with Gasteiger partial charge in [-0.25, -0.2) is 0 Å². The fourth-order valence-corrected chi connectivity index (χ4v) is 1.60. The zero-order chi connectivity index (χ0) is 10.1. The van der Waals surface area contributed by atoms with Gasteiger partial charge in [-0.15, -0.1) is 11.6 Å². The number of halogens is 1. The number of hydrogen-bond donors (Lipinski definition) is 1. The molecule has 0 saturated heterocycles. The van der Waals surface area contributed by atoms with E-state index < -0.39 is 5.38 Å². The molecule has 0 aromatic rings. The van der Waals surface area contributed by atoms with Crippen LogP contribution in [0.15, 0.2) is 0 Å². The Morgan fingerprint density at radius 3 is 2.31 bits per heavy atom. The van der Waals surface area contributed by atoms with Crippen LogP contribution in [0.1, 0.15) is 33.6 Å². The van der Waals surface area contributed by atoms with Gasteiger partial charge >= 0.3 is 0 Å². The van der Waals surface area contributed by atoms with Crippen molar-refractivity contribution in [3.05, 3.63) is 0 Å². The molecule has 1 aliphatic carbocycles. The second-order valence-corrected chi connectivity index (χ2v) is 5.01. The molecule has 1 rings (SSSR count). The van der Waals surface area contributed by atoms with Gasteiger partial charge in [0.2, 0.25) is 5.91 Å². The van der Waals surface area contributed by atoms with Crippen LogP contribution in [-0.2, 0) is 4.79 Å². The van der Waals surface area contributed by atoms with Crippen LogP contribution in [0.4, 0.5) is 0 Å². The lowest BCUT2D eigenvalue weighted by atomic mass is 9.92. The molecule has 0 aromatic carbocycles. The number of rotatable bonds is 4. The second kappa shape index (κ2) is 3.87. The molecule has 13 heavy (non-hydrogen) atoms. The topological polar surface area (TPSA) is 29.1 Å². The molecule has 0 aromatic heterocycles. The molecule has 0 heterocycles. The first-order valence-corrected chi connectivity index (χ1v) is 5.33. The predicted molar refractivity (Wildman–Crippen MR) is 54.8 cm³/mol. The summed E-state index contributed by atoms with van der Waals surface area (Å²) in [7, 11) is 0. The molecule has 1 fully saturated rings. The molecule has 0 radical (unpaired) electrons. The van der Waals surface area contributed by atoms with Crippen molar-refractivity contribution in [2.45, 2.75) is 39.0 Å². The number of amides is 1. The number of carbonyl (C=O) groups excluding carboxylic acids is 1. The summed E-state index contributed by atoms with van der Waals surface area (Å²) in [6.45, 7) is 6.92. The molecule has 0 spiro atoms. The summed E-state index contributed by atoms with van der Waals surface area (Å²) >= 11 is 5.65. The summed E-state index contributed by atoms with van der Waals surface area (Å²) in [6.07, 6.45) is 2.48. The maximum atomic E-state index is 11.2. The van der Waals surface area contributed by atoms with E-state index in [4.69, 9.17) is 11.6 Å². The Balaban J connectivity index is 2.31. The van der Waals surface area contributed by atoms with Gasteiger partial charge in [0.05, 0.1) is 0 Å². The van der Waals surface area contributed by atoms with Crippen molar-refractivity contribution in [2.24, 2.45) is 11.3 Å². The zero-order valence-electron chi connectivity index (χ0n) is 8.56. The van der Waals surface area contributed by atoms with Gasteiger partial charge in [-0.1, -0.05) is 13.8 Å². The van der Waals surface area contributed by atoms with E-state index in [1.807, 2.05) is 0 Å². The monoisotopic (exact) mass is 203 g/mol. The van der Waals surface area contributed by atoms with Crippen molar-refractivity contribution in [1.29, 1.82) is 0 Å². The van der Waals surface area contributed by atoms with Crippen LogP contribution in [-0.4, -0.2) is 17.8 Å². The SMILES string of the molecule is CC(Cl)C(=O)NCC1(C(C)C)CC1. The number of carbonyl (C=O) groups is 1. The number of nitrogens with one attached hydrogen (secondary N) is 1. The summed E-state index contributed by atoms with van der Waals surface area (Å²) in [6, 6.07) is 0. The molecule has 0 bridgehead atoms. The third-order valence-electron chi connectivity index (χ3n) is 3.09. The van der Waals surface area contributed by atoms with Crippen LogP contribution in [0.2, 0.25) is 0 Å². The molecule has 0 aliphatic heterocycles. The van der Waals surface area contributed by atoms with Crippen LogP contribution < -0.4 is 5.32 Å². The highest BCUT2D eigenvalue weighted by Gasteiger charge is 2.45. The van der Waals surface area contributed by atoms with Crippen LogP contribution in [0.5, 0.6) is 0 Å². The van der Waals surface area contributed by atoms with E-state index in [-0.39, 0.29) is 5.91 Å². The Kier molecular flexibility index (Phi) is 3.23. The van der Waals surface area contributed by atoms with Gasteiger partial charge < -0.3 is 5.32 Å². The Morgan fingerprint density at radius 2 is 2.00 bits per heavy atom. The van der Waals surface area contributed by atoms with E-state index in [0.29, 0.717) is 11.3 Å². The Morgan fingerprint density at radius 1 is 1.46 bits per heavy atom.